The first-order chi connectivity index (χ1) is 10.3. The molecule has 1 aliphatic rings. The van der Waals surface area contributed by atoms with Crippen molar-refractivity contribution in [2.24, 2.45) is 0 Å². The highest BCUT2D eigenvalue weighted by Crippen LogP contribution is 2.31. The summed E-state index contributed by atoms with van der Waals surface area (Å²) in [5.74, 6) is 1.73. The van der Waals surface area contributed by atoms with Crippen LogP contribution in [0.5, 0.6) is 5.75 Å². The standard InChI is InChI=1S/C15H14N4OS/c20-12-3-1-10(2-4-12)14-17-15-16-7-5-13(19(15)18-14)11-6-8-21-9-11/h1-4,6,8-9,13,20H,5,7H2,(H,16,17,18). The van der Waals surface area contributed by atoms with Gasteiger partial charge >= 0.3 is 0 Å². The summed E-state index contributed by atoms with van der Waals surface area (Å²) in [5.41, 5.74) is 2.19. The number of nitrogens with zero attached hydrogens (tertiary/aromatic N) is 3. The van der Waals surface area contributed by atoms with Crippen LogP contribution >= 0.6 is 11.3 Å². The molecular formula is C15H14N4OS. The predicted molar refractivity (Wildman–Crippen MR) is 82.7 cm³/mol. The summed E-state index contributed by atoms with van der Waals surface area (Å²) < 4.78 is 1.97. The van der Waals surface area contributed by atoms with Gasteiger partial charge in [0.25, 0.3) is 0 Å². The molecule has 4 rings (SSSR count). The van der Waals surface area contributed by atoms with E-state index in [0.717, 1.165) is 24.5 Å². The van der Waals surface area contributed by atoms with Gasteiger partial charge in [-0.3, -0.25) is 0 Å². The third-order valence-electron chi connectivity index (χ3n) is 3.68. The summed E-state index contributed by atoms with van der Waals surface area (Å²) in [6, 6.07) is 9.35. The lowest BCUT2D eigenvalue weighted by atomic mass is 10.1. The second kappa shape index (κ2) is 4.89. The molecule has 1 aliphatic heterocycles. The van der Waals surface area contributed by atoms with E-state index < -0.39 is 0 Å². The molecule has 5 nitrogen and oxygen atoms in total. The van der Waals surface area contributed by atoms with E-state index >= 15 is 0 Å². The number of phenols is 1. The fourth-order valence-corrected chi connectivity index (χ4v) is 3.32. The monoisotopic (exact) mass is 298 g/mol. The Labute approximate surface area is 125 Å². The lowest BCUT2D eigenvalue weighted by Crippen LogP contribution is -2.24. The van der Waals surface area contributed by atoms with Gasteiger partial charge in [-0.05, 0) is 53.1 Å². The van der Waals surface area contributed by atoms with Crippen LogP contribution in [0.15, 0.2) is 41.1 Å². The molecule has 6 heteroatoms. The first-order valence-corrected chi connectivity index (χ1v) is 7.77. The molecule has 3 aromatic rings. The number of fused-ring (bicyclic) bond motifs is 1. The Hall–Kier alpha value is -2.34. The van der Waals surface area contributed by atoms with Gasteiger partial charge in [-0.1, -0.05) is 0 Å². The van der Waals surface area contributed by atoms with Crippen LogP contribution in [-0.2, 0) is 0 Å². The third kappa shape index (κ3) is 2.17. The lowest BCUT2D eigenvalue weighted by Gasteiger charge is -2.23. The van der Waals surface area contributed by atoms with Gasteiger partial charge in [0.2, 0.25) is 5.95 Å². The summed E-state index contributed by atoms with van der Waals surface area (Å²) in [5, 5.41) is 21.6. The van der Waals surface area contributed by atoms with E-state index in [2.05, 4.69) is 32.2 Å². The van der Waals surface area contributed by atoms with Crippen molar-refractivity contribution >= 4 is 17.3 Å². The highest BCUT2D eigenvalue weighted by molar-refractivity contribution is 7.07. The highest BCUT2D eigenvalue weighted by atomic mass is 32.1. The molecule has 3 heterocycles. The third-order valence-corrected chi connectivity index (χ3v) is 4.38. The zero-order chi connectivity index (χ0) is 14.2. The maximum absolute atomic E-state index is 9.38. The molecule has 1 atom stereocenters. The van der Waals surface area contributed by atoms with E-state index in [-0.39, 0.29) is 11.8 Å². The van der Waals surface area contributed by atoms with Gasteiger partial charge in [0, 0.05) is 12.1 Å². The summed E-state index contributed by atoms with van der Waals surface area (Å²) in [6.07, 6.45) is 1.00. The van der Waals surface area contributed by atoms with Gasteiger partial charge in [0.05, 0.1) is 6.04 Å². The number of hydrogen-bond acceptors (Lipinski definition) is 5. The van der Waals surface area contributed by atoms with Crippen LogP contribution in [0.25, 0.3) is 11.4 Å². The average molecular weight is 298 g/mol. The van der Waals surface area contributed by atoms with Crippen LogP contribution in [0, 0.1) is 0 Å². The number of phenolic OH excluding ortho intramolecular Hbond substituents is 1. The lowest BCUT2D eigenvalue weighted by molar-refractivity contribution is 0.475. The van der Waals surface area contributed by atoms with Gasteiger partial charge in [-0.2, -0.15) is 16.3 Å². The van der Waals surface area contributed by atoms with Gasteiger partial charge in [0.1, 0.15) is 5.75 Å². The van der Waals surface area contributed by atoms with Crippen LogP contribution < -0.4 is 5.32 Å². The van der Waals surface area contributed by atoms with Gasteiger partial charge in [-0.15, -0.1) is 5.10 Å². The molecule has 0 amide bonds. The van der Waals surface area contributed by atoms with E-state index in [9.17, 15) is 5.11 Å². The molecule has 0 saturated carbocycles. The Balaban J connectivity index is 1.75. The van der Waals surface area contributed by atoms with Crippen molar-refractivity contribution in [3.05, 3.63) is 46.7 Å². The van der Waals surface area contributed by atoms with Crippen LogP contribution in [0.3, 0.4) is 0 Å². The number of aromatic hydroxyl groups is 1. The van der Waals surface area contributed by atoms with Gasteiger partial charge < -0.3 is 10.4 Å². The number of nitrogens with one attached hydrogen (secondary N) is 1. The van der Waals surface area contributed by atoms with Crippen molar-refractivity contribution in [3.63, 3.8) is 0 Å². The Morgan fingerprint density at radius 1 is 1.24 bits per heavy atom. The molecule has 1 unspecified atom stereocenters. The molecule has 21 heavy (non-hydrogen) atoms. The number of thiophene rings is 1. The number of benzene rings is 1. The van der Waals surface area contributed by atoms with Crippen LogP contribution in [0.4, 0.5) is 5.95 Å². The summed E-state index contributed by atoms with van der Waals surface area (Å²) in [4.78, 5) is 4.57. The molecule has 0 spiro atoms. The zero-order valence-corrected chi connectivity index (χ0v) is 12.0. The minimum atomic E-state index is 0.242. The smallest absolute Gasteiger partial charge is 0.222 e. The number of hydrogen-bond donors (Lipinski definition) is 2. The molecule has 1 aromatic carbocycles. The molecule has 2 aromatic heterocycles. The minimum absolute atomic E-state index is 0.242. The Kier molecular flexibility index (Phi) is 2.89. The molecule has 0 radical (unpaired) electrons. The van der Waals surface area contributed by atoms with Gasteiger partial charge in [0.15, 0.2) is 5.82 Å². The van der Waals surface area contributed by atoms with Crippen molar-refractivity contribution in [3.8, 4) is 17.1 Å². The average Bonchev–Trinajstić information content (AvgIpc) is 3.17. The minimum Gasteiger partial charge on any atom is -0.508 e. The van der Waals surface area contributed by atoms with E-state index in [4.69, 9.17) is 0 Å². The second-order valence-corrected chi connectivity index (χ2v) is 5.82. The topological polar surface area (TPSA) is 63.0 Å². The molecular weight excluding hydrogens is 284 g/mol. The highest BCUT2D eigenvalue weighted by Gasteiger charge is 2.24. The number of aromatic nitrogens is 3. The number of anilines is 1. The van der Waals surface area contributed by atoms with E-state index in [0.29, 0.717) is 5.82 Å². The largest absolute Gasteiger partial charge is 0.508 e. The van der Waals surface area contributed by atoms with Crippen LogP contribution in [0.1, 0.15) is 18.0 Å². The molecule has 0 saturated heterocycles. The van der Waals surface area contributed by atoms with Gasteiger partial charge in [-0.25, -0.2) is 4.68 Å². The van der Waals surface area contributed by atoms with E-state index in [1.807, 2.05) is 16.8 Å². The summed E-state index contributed by atoms with van der Waals surface area (Å²) in [6.45, 7) is 0.897. The SMILES string of the molecule is Oc1ccc(-c2nc3n(n2)C(c2ccsc2)CCN3)cc1. The maximum atomic E-state index is 9.38. The summed E-state index contributed by atoms with van der Waals surface area (Å²) in [7, 11) is 0. The van der Waals surface area contributed by atoms with Crippen molar-refractivity contribution in [1.82, 2.24) is 14.8 Å². The second-order valence-electron chi connectivity index (χ2n) is 5.04. The Morgan fingerprint density at radius 3 is 2.86 bits per heavy atom. The zero-order valence-electron chi connectivity index (χ0n) is 11.2. The molecule has 106 valence electrons. The normalized spacial score (nSPS) is 17.2. The molecule has 0 aliphatic carbocycles. The maximum Gasteiger partial charge on any atom is 0.222 e. The Morgan fingerprint density at radius 2 is 2.10 bits per heavy atom. The van der Waals surface area contributed by atoms with Crippen molar-refractivity contribution < 1.29 is 5.11 Å². The van der Waals surface area contributed by atoms with Crippen molar-refractivity contribution in [2.45, 2.75) is 12.5 Å². The predicted octanol–water partition coefficient (Wildman–Crippen LogP) is 3.12. The molecule has 0 fully saturated rings. The van der Waals surface area contributed by atoms with Crippen molar-refractivity contribution in [2.75, 3.05) is 11.9 Å². The first-order valence-electron chi connectivity index (χ1n) is 6.83. The molecule has 0 bridgehead atoms. The van der Waals surface area contributed by atoms with E-state index in [1.54, 1.807) is 23.5 Å². The van der Waals surface area contributed by atoms with Crippen molar-refractivity contribution in [1.29, 1.82) is 0 Å². The van der Waals surface area contributed by atoms with E-state index in [1.165, 1.54) is 5.56 Å². The first kappa shape index (κ1) is 12.4. The van der Waals surface area contributed by atoms with Crippen LogP contribution in [-0.4, -0.2) is 26.4 Å². The Bertz CT molecular complexity index is 749. The van der Waals surface area contributed by atoms with Crippen LogP contribution in [0.2, 0.25) is 0 Å². The number of rotatable bonds is 2. The fraction of sp³-hybridized carbons (Fsp3) is 0.200. The quantitative estimate of drug-likeness (QED) is 0.763. The summed E-state index contributed by atoms with van der Waals surface area (Å²) >= 11 is 1.70. The molecule has 2 N–H and O–H groups in total. The fourth-order valence-electron chi connectivity index (χ4n) is 2.61.